The average Bonchev–Trinajstić information content (AvgIpc) is 3.48. The predicted octanol–water partition coefficient (Wildman–Crippen LogP) is 2.55. The molecule has 59 heavy (non-hydrogen) atoms. The number of hydrogen-bond donors (Lipinski definition) is 2. The van der Waals surface area contributed by atoms with Gasteiger partial charge < -0.3 is 52.7 Å². The molecule has 0 radical (unpaired) electrons. The maximum atomic E-state index is 13.2. The van der Waals surface area contributed by atoms with E-state index in [-0.39, 0.29) is 42.0 Å². The zero-order valence-corrected chi connectivity index (χ0v) is 34.7. The molecule has 0 aromatic heterocycles. The fraction of sp³-hybridized carbons (Fsp3) is 0.732. The molecule has 3 rings (SSSR count). The highest BCUT2D eigenvalue weighted by molar-refractivity contribution is 6.26. The number of ether oxygens (including phenoxy) is 10. The van der Waals surface area contributed by atoms with Gasteiger partial charge in [-0.05, 0) is 37.8 Å². The summed E-state index contributed by atoms with van der Waals surface area (Å²) in [7, 11) is 0. The van der Waals surface area contributed by atoms with Crippen LogP contribution in [0.15, 0.2) is 18.2 Å². The number of nitrogens with one attached hydrogen (secondary N) is 2. The minimum Gasteiger partial charge on any atom is -0.379 e. The molecule has 2 aliphatic heterocycles. The number of carbonyl (C=O) groups excluding carboxylic acids is 5. The van der Waals surface area contributed by atoms with Gasteiger partial charge in [0, 0.05) is 26.1 Å². The number of amides is 5. The van der Waals surface area contributed by atoms with E-state index in [2.05, 4.69) is 17.6 Å². The summed E-state index contributed by atoms with van der Waals surface area (Å²) in [6.07, 6.45) is 4.67. The van der Waals surface area contributed by atoms with E-state index >= 15 is 0 Å². The Labute approximate surface area is 347 Å². The van der Waals surface area contributed by atoms with Crippen LogP contribution in [0.5, 0.6) is 0 Å². The minimum atomic E-state index is -1.07. The second kappa shape index (κ2) is 32.4. The van der Waals surface area contributed by atoms with Crippen LogP contribution in [0.1, 0.15) is 79.0 Å². The van der Waals surface area contributed by atoms with Crippen LogP contribution < -0.4 is 10.6 Å². The van der Waals surface area contributed by atoms with Crippen LogP contribution in [0, 0.1) is 0 Å². The lowest BCUT2D eigenvalue weighted by molar-refractivity contribution is -0.136. The molecule has 18 nitrogen and oxygen atoms in total. The highest BCUT2D eigenvalue weighted by Crippen LogP contribution is 2.32. The first-order chi connectivity index (χ1) is 28.9. The van der Waals surface area contributed by atoms with Crippen LogP contribution in [0.4, 0.5) is 5.69 Å². The predicted molar refractivity (Wildman–Crippen MR) is 213 cm³/mol. The monoisotopic (exact) mass is 839 g/mol. The summed E-state index contributed by atoms with van der Waals surface area (Å²) in [6, 6.07) is 3.53. The van der Waals surface area contributed by atoms with Crippen molar-refractivity contribution in [3.63, 3.8) is 0 Å². The number of carbonyl (C=O) groups is 5. The Balaban J connectivity index is 1.01. The quantitative estimate of drug-likeness (QED) is 0.0726. The second-order valence-electron chi connectivity index (χ2n) is 13.5. The van der Waals surface area contributed by atoms with Gasteiger partial charge >= 0.3 is 0 Å². The van der Waals surface area contributed by atoms with Crippen LogP contribution in [0.2, 0.25) is 0 Å². The third-order valence-electron chi connectivity index (χ3n) is 8.93. The van der Waals surface area contributed by atoms with Gasteiger partial charge in [-0.15, -0.1) is 0 Å². The maximum absolute atomic E-state index is 13.2. The van der Waals surface area contributed by atoms with Gasteiger partial charge in [0.15, 0.2) is 0 Å². The normalized spacial score (nSPS) is 15.3. The van der Waals surface area contributed by atoms with Crippen molar-refractivity contribution in [3.05, 3.63) is 29.3 Å². The Hall–Kier alpha value is -3.43. The summed E-state index contributed by atoms with van der Waals surface area (Å²) < 4.78 is 54.9. The van der Waals surface area contributed by atoms with Crippen LogP contribution in [-0.2, 0) is 61.8 Å². The minimum absolute atomic E-state index is 0.0288. The van der Waals surface area contributed by atoms with Crippen molar-refractivity contribution < 1.29 is 71.3 Å². The van der Waals surface area contributed by atoms with E-state index in [4.69, 9.17) is 47.4 Å². The molecule has 18 heteroatoms. The van der Waals surface area contributed by atoms with E-state index in [1.807, 2.05) is 0 Å². The summed E-state index contributed by atoms with van der Waals surface area (Å²) in [4.78, 5) is 63.6. The molecule has 1 unspecified atom stereocenters. The molecule has 0 bridgehead atoms. The molecule has 1 aromatic rings. The van der Waals surface area contributed by atoms with Crippen LogP contribution in [0.25, 0.3) is 0 Å². The number of nitrogens with zero attached hydrogens (tertiary/aromatic N) is 1. The largest absolute Gasteiger partial charge is 0.379 e. The molecular formula is C41H65N3O15. The van der Waals surface area contributed by atoms with Gasteiger partial charge in [0.2, 0.25) is 17.7 Å². The first-order valence-electron chi connectivity index (χ1n) is 20.9. The Morgan fingerprint density at radius 1 is 0.593 bits per heavy atom. The van der Waals surface area contributed by atoms with Crippen LogP contribution in [-0.4, -0.2) is 173 Å². The summed E-state index contributed by atoms with van der Waals surface area (Å²) in [5.41, 5.74) is 0.384. The van der Waals surface area contributed by atoms with E-state index in [0.29, 0.717) is 132 Å². The molecular weight excluding hydrogens is 774 g/mol. The third kappa shape index (κ3) is 21.1. The first-order valence-corrected chi connectivity index (χ1v) is 20.9. The summed E-state index contributed by atoms with van der Waals surface area (Å²) in [5.74, 6) is -2.71. The molecule has 5 amide bonds. The van der Waals surface area contributed by atoms with Crippen LogP contribution in [0.3, 0.4) is 0 Å². The fourth-order valence-corrected chi connectivity index (χ4v) is 5.83. The van der Waals surface area contributed by atoms with Crippen molar-refractivity contribution in [2.45, 2.75) is 64.3 Å². The van der Waals surface area contributed by atoms with Crippen molar-refractivity contribution >= 4 is 35.2 Å². The summed E-state index contributed by atoms with van der Waals surface area (Å²) >= 11 is 0. The molecule has 334 valence electrons. The Morgan fingerprint density at radius 3 is 1.47 bits per heavy atom. The number of unbranched alkanes of at least 4 members (excludes halogenated alkanes) is 3. The molecule has 0 saturated carbocycles. The van der Waals surface area contributed by atoms with Crippen molar-refractivity contribution in [2.75, 3.05) is 137 Å². The lowest BCUT2D eigenvalue weighted by Gasteiger charge is -2.27. The molecule has 2 aliphatic rings. The highest BCUT2D eigenvalue weighted by Gasteiger charge is 2.45. The number of rotatable bonds is 38. The van der Waals surface area contributed by atoms with Crippen molar-refractivity contribution in [1.82, 2.24) is 10.2 Å². The second-order valence-corrected chi connectivity index (χ2v) is 13.5. The Kier molecular flexibility index (Phi) is 27.4. The zero-order valence-electron chi connectivity index (χ0n) is 34.7. The van der Waals surface area contributed by atoms with Crippen molar-refractivity contribution in [1.29, 1.82) is 0 Å². The van der Waals surface area contributed by atoms with Gasteiger partial charge in [0.05, 0.1) is 136 Å². The number of fused-ring (bicyclic) bond motifs is 1. The lowest BCUT2D eigenvalue weighted by atomic mass is 10.0. The average molecular weight is 840 g/mol. The molecule has 0 aliphatic carbocycles. The van der Waals surface area contributed by atoms with Gasteiger partial charge in [-0.1, -0.05) is 25.8 Å². The van der Waals surface area contributed by atoms with E-state index < -0.39 is 29.7 Å². The number of benzene rings is 1. The van der Waals surface area contributed by atoms with Gasteiger partial charge in [-0.2, -0.15) is 0 Å². The van der Waals surface area contributed by atoms with E-state index in [1.165, 1.54) is 6.07 Å². The fourth-order valence-electron chi connectivity index (χ4n) is 5.83. The van der Waals surface area contributed by atoms with Gasteiger partial charge in [0.25, 0.3) is 11.8 Å². The molecule has 1 aromatic carbocycles. The topological polar surface area (TPSA) is 205 Å². The van der Waals surface area contributed by atoms with Crippen LogP contribution >= 0.6 is 0 Å². The van der Waals surface area contributed by atoms with Crippen molar-refractivity contribution in [2.24, 2.45) is 0 Å². The Morgan fingerprint density at radius 2 is 1.03 bits per heavy atom. The standard InChI is InChI=1S/C41H65N3O15/c1-2-3-13-50-15-17-52-19-21-54-23-25-56-27-29-58-31-32-59-30-28-57-26-24-55-22-20-53-18-16-51-14-6-4-5-10-36(45)42-34-9-7-8-33-38(34)41(49)44(40(33)48)35-11-12-37(46)43-39(35)47/h7-9,35H,2-6,10-32H2,1H3,(H,42,45)(H,43,46,47). The number of anilines is 1. The van der Waals surface area contributed by atoms with E-state index in [9.17, 15) is 24.0 Å². The molecule has 1 saturated heterocycles. The maximum Gasteiger partial charge on any atom is 0.264 e. The number of hydrogen-bond acceptors (Lipinski definition) is 15. The van der Waals surface area contributed by atoms with Gasteiger partial charge in [0.1, 0.15) is 6.04 Å². The molecule has 0 spiro atoms. The van der Waals surface area contributed by atoms with E-state index in [0.717, 1.165) is 37.2 Å². The first kappa shape index (κ1) is 49.9. The number of piperidine rings is 1. The molecule has 2 N–H and O–H groups in total. The number of imide groups is 2. The third-order valence-corrected chi connectivity index (χ3v) is 8.93. The lowest BCUT2D eigenvalue weighted by Crippen LogP contribution is -2.54. The van der Waals surface area contributed by atoms with E-state index in [1.54, 1.807) is 12.1 Å². The zero-order chi connectivity index (χ0) is 42.2. The highest BCUT2D eigenvalue weighted by atomic mass is 16.6. The Bertz CT molecular complexity index is 1370. The van der Waals surface area contributed by atoms with Gasteiger partial charge in [-0.25, -0.2) is 0 Å². The molecule has 1 fully saturated rings. The summed E-state index contributed by atoms with van der Waals surface area (Å²) in [6.45, 7) is 12.4. The summed E-state index contributed by atoms with van der Waals surface area (Å²) in [5, 5.41) is 4.91. The SMILES string of the molecule is CCCCOCCOCCOCCOCCOCCOCCOCCOCCOCCOCCCCCC(=O)Nc1cccc2c1C(=O)N(C1CCC(=O)NC1=O)C2=O. The van der Waals surface area contributed by atoms with Crippen molar-refractivity contribution in [3.8, 4) is 0 Å². The smallest absolute Gasteiger partial charge is 0.264 e. The molecule has 2 heterocycles. The molecule has 1 atom stereocenters. The van der Waals surface area contributed by atoms with Gasteiger partial charge in [-0.3, -0.25) is 34.2 Å².